The Bertz CT molecular complexity index is 1220. The fraction of sp³-hybridized carbons (Fsp3) is 0.455. The molecule has 2 N–H and O–H groups in total. The number of hydrogen-bond acceptors (Lipinski definition) is 9. The van der Waals surface area contributed by atoms with Crippen LogP contribution in [0.1, 0.15) is 23.4 Å². The molecule has 1 saturated heterocycles. The van der Waals surface area contributed by atoms with Crippen molar-refractivity contribution in [2.45, 2.75) is 25.5 Å². The number of rotatable bonds is 7. The first-order valence-corrected chi connectivity index (χ1v) is 11.0. The zero-order valence-corrected chi connectivity index (χ0v) is 18.4. The molecule has 1 amide bonds. The second kappa shape index (κ2) is 9.20. The van der Waals surface area contributed by atoms with Gasteiger partial charge in [-0.05, 0) is 38.1 Å². The molecule has 1 unspecified atom stereocenters. The number of oxazole rings is 1. The van der Waals surface area contributed by atoms with Crippen LogP contribution < -0.4 is 20.4 Å². The molecule has 33 heavy (non-hydrogen) atoms. The molecule has 0 aliphatic carbocycles. The standard InChI is InChI=1S/C22H26N6O5/c1-31-19-16(32-12-14(29)11-27-7-2-3-8-27)5-4-15-18(19)25-22(28-9-6-24-20(15)28)26-21(30)17-10-23-13-33-17/h4-5,10,13-14,24,29H,2-3,6-9,11-12H2,1H3. The van der Waals surface area contributed by atoms with Crippen LogP contribution in [0.4, 0.5) is 5.82 Å². The van der Waals surface area contributed by atoms with Crippen LogP contribution >= 0.6 is 0 Å². The molecule has 1 fully saturated rings. The molecule has 1 atom stereocenters. The molecule has 2 aliphatic heterocycles. The topological polar surface area (TPSA) is 127 Å². The fourth-order valence-corrected chi connectivity index (χ4v) is 4.31. The summed E-state index contributed by atoms with van der Waals surface area (Å²) in [6.07, 6.45) is 4.22. The summed E-state index contributed by atoms with van der Waals surface area (Å²) >= 11 is 0. The van der Waals surface area contributed by atoms with Gasteiger partial charge in [0.1, 0.15) is 24.0 Å². The highest BCUT2D eigenvalue weighted by Crippen LogP contribution is 2.37. The summed E-state index contributed by atoms with van der Waals surface area (Å²) in [6, 6.07) is 3.70. The van der Waals surface area contributed by atoms with Crippen LogP contribution in [0.2, 0.25) is 0 Å². The van der Waals surface area contributed by atoms with Gasteiger partial charge in [0.05, 0.1) is 13.3 Å². The molecule has 174 valence electrons. The van der Waals surface area contributed by atoms with E-state index in [2.05, 4.69) is 25.2 Å². The average Bonchev–Trinajstić information content (AvgIpc) is 3.60. The van der Waals surface area contributed by atoms with Gasteiger partial charge in [-0.25, -0.2) is 9.97 Å². The average molecular weight is 454 g/mol. The van der Waals surface area contributed by atoms with Crippen molar-refractivity contribution in [1.82, 2.24) is 19.4 Å². The van der Waals surface area contributed by atoms with Crippen molar-refractivity contribution in [2.75, 3.05) is 45.2 Å². The summed E-state index contributed by atoms with van der Waals surface area (Å²) in [4.78, 5) is 27.3. The van der Waals surface area contributed by atoms with E-state index in [1.807, 2.05) is 16.7 Å². The van der Waals surface area contributed by atoms with Gasteiger partial charge in [-0.15, -0.1) is 0 Å². The molecule has 0 spiro atoms. The lowest BCUT2D eigenvalue weighted by atomic mass is 10.2. The van der Waals surface area contributed by atoms with Crippen LogP contribution in [0.15, 0.2) is 34.1 Å². The van der Waals surface area contributed by atoms with Crippen molar-refractivity contribution >= 4 is 22.6 Å². The molecule has 2 aliphatic rings. The van der Waals surface area contributed by atoms with Gasteiger partial charge in [0.25, 0.3) is 0 Å². The summed E-state index contributed by atoms with van der Waals surface area (Å²) in [5, 5.41) is 14.6. The largest absolute Gasteiger partial charge is 0.491 e. The first-order chi connectivity index (χ1) is 16.1. The Morgan fingerprint density at radius 1 is 1.33 bits per heavy atom. The third-order valence-corrected chi connectivity index (χ3v) is 5.85. The zero-order chi connectivity index (χ0) is 22.8. The van der Waals surface area contributed by atoms with Crippen LogP contribution in [-0.4, -0.2) is 76.4 Å². The minimum atomic E-state index is -0.612. The minimum absolute atomic E-state index is 0.0354. The molecular weight excluding hydrogens is 428 g/mol. The number of nitrogens with one attached hydrogen (secondary N) is 1. The van der Waals surface area contributed by atoms with Crippen LogP contribution in [0.5, 0.6) is 11.5 Å². The number of aromatic nitrogens is 3. The summed E-state index contributed by atoms with van der Waals surface area (Å²) in [5.74, 6) is 1.14. The molecule has 4 heterocycles. The highest BCUT2D eigenvalue weighted by molar-refractivity contribution is 5.96. The minimum Gasteiger partial charge on any atom is -0.491 e. The van der Waals surface area contributed by atoms with Gasteiger partial charge >= 0.3 is 5.91 Å². The van der Waals surface area contributed by atoms with Gasteiger partial charge < -0.3 is 29.2 Å². The Kier molecular flexibility index (Phi) is 5.97. The van der Waals surface area contributed by atoms with E-state index < -0.39 is 12.0 Å². The molecule has 0 radical (unpaired) electrons. The van der Waals surface area contributed by atoms with Crippen LogP contribution in [0, 0.1) is 0 Å². The number of anilines is 1. The predicted molar refractivity (Wildman–Crippen MR) is 118 cm³/mol. The summed E-state index contributed by atoms with van der Waals surface area (Å²) in [5.41, 5.74) is 0.738. The summed E-state index contributed by atoms with van der Waals surface area (Å²) in [6.45, 7) is 4.03. The first-order valence-electron chi connectivity index (χ1n) is 11.0. The summed E-state index contributed by atoms with van der Waals surface area (Å²) in [7, 11) is 1.54. The predicted octanol–water partition coefficient (Wildman–Crippen LogP) is 1.03. The Balaban J connectivity index is 1.48. The zero-order valence-electron chi connectivity index (χ0n) is 18.4. The van der Waals surface area contributed by atoms with Crippen molar-refractivity contribution < 1.29 is 23.8 Å². The highest BCUT2D eigenvalue weighted by Gasteiger charge is 2.22. The Labute approximate surface area is 189 Å². The Morgan fingerprint density at radius 3 is 2.94 bits per heavy atom. The SMILES string of the molecule is COc1c(OCC(O)CN2CCCC2)ccc2c3n(c(=NC(=O)c4cnco4)nc12)CCN3. The number of aliphatic hydroxyl groups is 1. The van der Waals surface area contributed by atoms with Crippen molar-refractivity contribution in [2.24, 2.45) is 4.99 Å². The maximum atomic E-state index is 12.5. The van der Waals surface area contributed by atoms with Gasteiger partial charge in [0, 0.05) is 25.0 Å². The molecule has 11 heteroatoms. The number of nitrogens with zero attached hydrogens (tertiary/aromatic N) is 5. The number of methoxy groups -OCH3 is 1. The number of β-amino-alcohol motifs (C(OH)–C–C–N with tert-alkyl or cyclic N) is 1. The van der Waals surface area contributed by atoms with Crippen molar-refractivity contribution in [3.05, 3.63) is 36.1 Å². The van der Waals surface area contributed by atoms with Crippen molar-refractivity contribution in [1.29, 1.82) is 0 Å². The monoisotopic (exact) mass is 454 g/mol. The van der Waals surface area contributed by atoms with Gasteiger partial charge in [0.2, 0.25) is 11.4 Å². The van der Waals surface area contributed by atoms with Crippen molar-refractivity contribution in [3.63, 3.8) is 0 Å². The number of ether oxygens (including phenoxy) is 2. The number of likely N-dealkylation sites (tertiary alicyclic amines) is 1. The molecular formula is C22H26N6O5. The fourth-order valence-electron chi connectivity index (χ4n) is 4.31. The maximum Gasteiger partial charge on any atom is 0.317 e. The number of carbonyl (C=O) groups excluding carboxylic acids is 1. The molecule has 0 bridgehead atoms. The van der Waals surface area contributed by atoms with E-state index in [0.29, 0.717) is 36.6 Å². The second-order valence-electron chi connectivity index (χ2n) is 8.09. The van der Waals surface area contributed by atoms with Gasteiger partial charge in [-0.1, -0.05) is 0 Å². The lowest BCUT2D eigenvalue weighted by molar-refractivity contribution is 0.0748. The number of carbonyl (C=O) groups is 1. The number of aliphatic hydroxyl groups excluding tert-OH is 1. The number of hydrogen-bond donors (Lipinski definition) is 2. The van der Waals surface area contributed by atoms with Gasteiger partial charge in [-0.3, -0.25) is 9.36 Å². The van der Waals surface area contributed by atoms with E-state index in [4.69, 9.17) is 13.9 Å². The van der Waals surface area contributed by atoms with Gasteiger partial charge in [0.15, 0.2) is 17.9 Å². The van der Waals surface area contributed by atoms with Crippen molar-refractivity contribution in [3.8, 4) is 11.5 Å². The highest BCUT2D eigenvalue weighted by atomic mass is 16.5. The molecule has 5 rings (SSSR count). The van der Waals surface area contributed by atoms with Crippen LogP contribution in [0.25, 0.3) is 10.9 Å². The van der Waals surface area contributed by atoms with E-state index in [-0.39, 0.29) is 18.0 Å². The quantitative estimate of drug-likeness (QED) is 0.538. The lowest BCUT2D eigenvalue weighted by Crippen LogP contribution is -2.33. The molecule has 11 nitrogen and oxygen atoms in total. The van der Waals surface area contributed by atoms with Crippen LogP contribution in [-0.2, 0) is 6.54 Å². The molecule has 0 saturated carbocycles. The van der Waals surface area contributed by atoms with E-state index in [1.54, 1.807) is 0 Å². The lowest BCUT2D eigenvalue weighted by Gasteiger charge is -2.20. The van der Waals surface area contributed by atoms with Crippen LogP contribution in [0.3, 0.4) is 0 Å². The van der Waals surface area contributed by atoms with E-state index in [9.17, 15) is 9.90 Å². The summed E-state index contributed by atoms with van der Waals surface area (Å²) < 4.78 is 18.5. The normalized spacial score (nSPS) is 17.2. The van der Waals surface area contributed by atoms with E-state index in [1.165, 1.54) is 32.5 Å². The third kappa shape index (κ3) is 4.29. The first kappa shape index (κ1) is 21.4. The Morgan fingerprint density at radius 2 is 2.18 bits per heavy atom. The van der Waals surface area contributed by atoms with E-state index >= 15 is 0 Å². The Hall–Kier alpha value is -3.44. The number of fused-ring (bicyclic) bond motifs is 3. The number of amides is 1. The number of benzene rings is 1. The molecule has 3 aromatic rings. The molecule has 1 aromatic carbocycles. The molecule has 2 aromatic heterocycles. The van der Waals surface area contributed by atoms with E-state index in [0.717, 1.165) is 24.3 Å². The third-order valence-electron chi connectivity index (χ3n) is 5.85. The smallest absolute Gasteiger partial charge is 0.317 e. The maximum absolute atomic E-state index is 12.5. The van der Waals surface area contributed by atoms with Gasteiger partial charge in [-0.2, -0.15) is 4.99 Å². The second-order valence-corrected chi connectivity index (χ2v) is 8.09.